The third-order valence-corrected chi connectivity index (χ3v) is 6.80. The molecule has 0 saturated carbocycles. The second-order valence-corrected chi connectivity index (χ2v) is 10.2. The molecular weight excluding hydrogens is 612 g/mol. The van der Waals surface area contributed by atoms with E-state index in [9.17, 15) is 14.4 Å². The quantitative estimate of drug-likeness (QED) is 0.0761. The smallest absolute Gasteiger partial charge is 0.344 e. The molecule has 43 heavy (non-hydrogen) atoms. The molecule has 0 bridgehead atoms. The van der Waals surface area contributed by atoms with Crippen LogP contribution in [0.25, 0.3) is 6.08 Å². The standard InChI is InChI=1S/C33H29BrN4O5/c1-38(2)25-16-13-22(14-17-25)19-28(36-31(39)24-9-5-4-6-10-24)32(40)37-35-21-23-15-18-29(30(20-23)42-3)43-33(41)26-11-7-8-12-27(26)34/h4-21H,1-3H3,(H,36,39)(H,37,40). The number of amides is 2. The largest absolute Gasteiger partial charge is 0.493 e. The average Bonchev–Trinajstić information content (AvgIpc) is 3.02. The molecule has 0 radical (unpaired) electrons. The number of nitrogens with zero attached hydrogens (tertiary/aromatic N) is 2. The van der Waals surface area contributed by atoms with Crippen LogP contribution in [0.1, 0.15) is 31.8 Å². The van der Waals surface area contributed by atoms with Crippen LogP contribution in [-0.4, -0.2) is 45.2 Å². The van der Waals surface area contributed by atoms with E-state index in [4.69, 9.17) is 9.47 Å². The summed E-state index contributed by atoms with van der Waals surface area (Å²) in [4.78, 5) is 40.6. The van der Waals surface area contributed by atoms with Crippen LogP contribution in [-0.2, 0) is 4.79 Å². The molecule has 4 rings (SSSR count). The minimum absolute atomic E-state index is 0.00974. The molecule has 0 spiro atoms. The van der Waals surface area contributed by atoms with Crippen molar-refractivity contribution in [3.05, 3.63) is 129 Å². The zero-order valence-electron chi connectivity index (χ0n) is 23.7. The average molecular weight is 642 g/mol. The van der Waals surface area contributed by atoms with E-state index < -0.39 is 17.8 Å². The number of carbonyl (C=O) groups is 3. The number of ether oxygens (including phenoxy) is 2. The highest BCUT2D eigenvalue weighted by Crippen LogP contribution is 2.29. The van der Waals surface area contributed by atoms with Gasteiger partial charge in [0.05, 0.1) is 18.9 Å². The molecule has 0 unspecified atom stereocenters. The third-order valence-electron chi connectivity index (χ3n) is 6.11. The second-order valence-electron chi connectivity index (χ2n) is 9.34. The predicted molar refractivity (Wildman–Crippen MR) is 170 cm³/mol. The molecule has 0 heterocycles. The lowest BCUT2D eigenvalue weighted by Crippen LogP contribution is -2.32. The molecule has 0 atom stereocenters. The van der Waals surface area contributed by atoms with Crippen molar-refractivity contribution < 1.29 is 23.9 Å². The molecule has 2 N–H and O–H groups in total. The van der Waals surface area contributed by atoms with Crippen molar-refractivity contribution >= 4 is 51.7 Å². The number of esters is 1. The van der Waals surface area contributed by atoms with Gasteiger partial charge in [-0.1, -0.05) is 42.5 Å². The zero-order valence-corrected chi connectivity index (χ0v) is 25.3. The second kappa shape index (κ2) is 14.6. The SMILES string of the molecule is COc1cc(C=NNC(=O)C(=Cc2ccc(N(C)C)cc2)NC(=O)c2ccccc2)ccc1OC(=O)c1ccccc1Br. The molecule has 0 aromatic heterocycles. The number of hydrogen-bond acceptors (Lipinski definition) is 7. The van der Waals surface area contributed by atoms with Gasteiger partial charge in [0.25, 0.3) is 11.8 Å². The van der Waals surface area contributed by atoms with Gasteiger partial charge in [0.15, 0.2) is 11.5 Å². The van der Waals surface area contributed by atoms with Crippen LogP contribution >= 0.6 is 15.9 Å². The van der Waals surface area contributed by atoms with Crippen molar-refractivity contribution in [2.45, 2.75) is 0 Å². The molecule has 0 aliphatic heterocycles. The van der Waals surface area contributed by atoms with Crippen molar-refractivity contribution in [2.75, 3.05) is 26.1 Å². The Morgan fingerprint density at radius 3 is 2.19 bits per heavy atom. The Morgan fingerprint density at radius 1 is 0.837 bits per heavy atom. The maximum atomic E-state index is 13.1. The molecule has 4 aromatic carbocycles. The topological polar surface area (TPSA) is 109 Å². The van der Waals surface area contributed by atoms with Gasteiger partial charge in [0.1, 0.15) is 5.70 Å². The van der Waals surface area contributed by atoms with Gasteiger partial charge < -0.3 is 19.7 Å². The van der Waals surface area contributed by atoms with E-state index in [0.29, 0.717) is 32.5 Å². The van der Waals surface area contributed by atoms with Gasteiger partial charge in [-0.2, -0.15) is 5.10 Å². The van der Waals surface area contributed by atoms with E-state index in [0.717, 1.165) is 5.69 Å². The Hall–Kier alpha value is -5.22. The summed E-state index contributed by atoms with van der Waals surface area (Å²) in [6.45, 7) is 0. The maximum absolute atomic E-state index is 13.1. The van der Waals surface area contributed by atoms with E-state index in [1.807, 2.05) is 43.3 Å². The van der Waals surface area contributed by atoms with Gasteiger partial charge in [0, 0.05) is 29.8 Å². The van der Waals surface area contributed by atoms with Crippen molar-refractivity contribution in [3.8, 4) is 11.5 Å². The number of methoxy groups -OCH3 is 1. The molecule has 0 aliphatic rings. The fourth-order valence-corrected chi connectivity index (χ4v) is 4.28. The Morgan fingerprint density at radius 2 is 1.51 bits per heavy atom. The molecule has 218 valence electrons. The summed E-state index contributed by atoms with van der Waals surface area (Å²) in [5.74, 6) is -1.09. The molecule has 2 amide bonds. The molecule has 0 saturated heterocycles. The lowest BCUT2D eigenvalue weighted by atomic mass is 10.1. The van der Waals surface area contributed by atoms with Crippen LogP contribution in [0.5, 0.6) is 11.5 Å². The summed E-state index contributed by atoms with van der Waals surface area (Å²) in [5.41, 5.74) is 5.51. The molecule has 10 heteroatoms. The van der Waals surface area contributed by atoms with E-state index in [-0.39, 0.29) is 11.4 Å². The van der Waals surface area contributed by atoms with E-state index in [1.54, 1.807) is 78.9 Å². The minimum atomic E-state index is -0.622. The van der Waals surface area contributed by atoms with Crippen LogP contribution in [0.15, 0.2) is 112 Å². The van der Waals surface area contributed by atoms with Gasteiger partial charge in [-0.25, -0.2) is 10.2 Å². The van der Waals surface area contributed by atoms with Crippen LogP contribution in [0.4, 0.5) is 5.69 Å². The fraction of sp³-hybridized carbons (Fsp3) is 0.0909. The lowest BCUT2D eigenvalue weighted by Gasteiger charge is -2.13. The lowest BCUT2D eigenvalue weighted by molar-refractivity contribution is -0.117. The Kier molecular flexibility index (Phi) is 10.4. The van der Waals surface area contributed by atoms with Gasteiger partial charge >= 0.3 is 5.97 Å². The van der Waals surface area contributed by atoms with Crippen LogP contribution < -0.4 is 25.1 Å². The summed E-state index contributed by atoms with van der Waals surface area (Å²) in [5, 5.41) is 6.74. The van der Waals surface area contributed by atoms with Crippen LogP contribution in [0.2, 0.25) is 0 Å². The molecule has 9 nitrogen and oxygen atoms in total. The van der Waals surface area contributed by atoms with Crippen molar-refractivity contribution in [1.29, 1.82) is 0 Å². The Balaban J connectivity index is 1.49. The van der Waals surface area contributed by atoms with E-state index in [1.165, 1.54) is 13.3 Å². The molecule has 0 fully saturated rings. The van der Waals surface area contributed by atoms with Crippen LogP contribution in [0, 0.1) is 0 Å². The number of anilines is 1. The van der Waals surface area contributed by atoms with E-state index >= 15 is 0 Å². The van der Waals surface area contributed by atoms with Crippen molar-refractivity contribution in [3.63, 3.8) is 0 Å². The van der Waals surface area contributed by atoms with Gasteiger partial charge in [-0.15, -0.1) is 0 Å². The summed E-state index contributed by atoms with van der Waals surface area (Å²) < 4.78 is 11.5. The first-order valence-corrected chi connectivity index (χ1v) is 13.9. The first-order chi connectivity index (χ1) is 20.7. The number of hydrazone groups is 1. The van der Waals surface area contributed by atoms with Gasteiger partial charge in [-0.05, 0) is 87.7 Å². The Labute approximate surface area is 258 Å². The highest BCUT2D eigenvalue weighted by Gasteiger charge is 2.16. The van der Waals surface area contributed by atoms with Gasteiger partial charge in [-0.3, -0.25) is 9.59 Å². The van der Waals surface area contributed by atoms with Crippen molar-refractivity contribution in [1.82, 2.24) is 10.7 Å². The zero-order chi connectivity index (χ0) is 30.8. The number of rotatable bonds is 10. The summed E-state index contributed by atoms with van der Waals surface area (Å²) in [7, 11) is 5.31. The highest BCUT2D eigenvalue weighted by atomic mass is 79.9. The molecule has 0 aliphatic carbocycles. The number of halogens is 1. The van der Waals surface area contributed by atoms with Crippen LogP contribution in [0.3, 0.4) is 0 Å². The summed E-state index contributed by atoms with van der Waals surface area (Å²) in [6.07, 6.45) is 2.98. The molecule has 4 aromatic rings. The normalized spacial score (nSPS) is 11.1. The number of hydrogen-bond donors (Lipinski definition) is 2. The highest BCUT2D eigenvalue weighted by molar-refractivity contribution is 9.10. The summed E-state index contributed by atoms with van der Waals surface area (Å²) in [6, 6.07) is 27.9. The minimum Gasteiger partial charge on any atom is -0.493 e. The van der Waals surface area contributed by atoms with E-state index in [2.05, 4.69) is 31.8 Å². The predicted octanol–water partition coefficient (Wildman–Crippen LogP) is 5.66. The Bertz CT molecular complexity index is 1670. The number of carbonyl (C=O) groups excluding carboxylic acids is 3. The number of benzene rings is 4. The monoisotopic (exact) mass is 640 g/mol. The van der Waals surface area contributed by atoms with Crippen molar-refractivity contribution in [2.24, 2.45) is 5.10 Å². The number of nitrogens with one attached hydrogen (secondary N) is 2. The third kappa shape index (κ3) is 8.40. The first kappa shape index (κ1) is 30.7. The van der Waals surface area contributed by atoms with Gasteiger partial charge in [0.2, 0.25) is 0 Å². The fourth-order valence-electron chi connectivity index (χ4n) is 3.83. The first-order valence-electron chi connectivity index (χ1n) is 13.1. The molecular formula is C33H29BrN4O5. The summed E-state index contributed by atoms with van der Waals surface area (Å²) >= 11 is 3.35. The maximum Gasteiger partial charge on any atom is 0.344 e.